The molecule has 1 N–H and O–H groups in total. The fourth-order valence-corrected chi connectivity index (χ4v) is 4.47. The Bertz CT molecular complexity index is 990. The summed E-state index contributed by atoms with van der Waals surface area (Å²) in [6.07, 6.45) is 1.59. The van der Waals surface area contributed by atoms with Crippen molar-refractivity contribution < 1.29 is 40.7 Å². The number of rotatable bonds is 8. The zero-order valence-corrected chi connectivity index (χ0v) is 17.6. The quantitative estimate of drug-likeness (QED) is 0.375. The Morgan fingerprint density at radius 2 is 1.52 bits per heavy atom. The van der Waals surface area contributed by atoms with Gasteiger partial charge in [-0.15, -0.1) is 0 Å². The van der Waals surface area contributed by atoms with Crippen LogP contribution in [0.15, 0.2) is 95.2 Å². The third kappa shape index (κ3) is 6.00. The first kappa shape index (κ1) is 20.8. The highest BCUT2D eigenvalue weighted by atomic mass is 127. The molecule has 3 aromatic rings. The predicted octanol–water partition coefficient (Wildman–Crippen LogP) is 1.39. The lowest BCUT2D eigenvalue weighted by atomic mass is 10.2. The van der Waals surface area contributed by atoms with Gasteiger partial charge >= 0.3 is 27.2 Å². The summed E-state index contributed by atoms with van der Waals surface area (Å²) < 4.78 is 2.59. The second-order valence-corrected chi connectivity index (χ2v) is 8.43. The summed E-state index contributed by atoms with van der Waals surface area (Å²) in [4.78, 5) is 30.0. The van der Waals surface area contributed by atoms with Crippen LogP contribution in [0.2, 0.25) is 0 Å². The first-order chi connectivity index (χ1) is 14.1. The number of hydrogen-bond acceptors (Lipinski definition) is 3. The molecule has 1 amide bonds. The minimum Gasteiger partial charge on any atom is -0.478 e. The van der Waals surface area contributed by atoms with Crippen molar-refractivity contribution >= 4 is 11.9 Å². The van der Waals surface area contributed by atoms with Gasteiger partial charge in [0.05, 0.1) is 6.20 Å². The van der Waals surface area contributed by atoms with Gasteiger partial charge in [0, 0.05) is 5.56 Å². The maximum atomic E-state index is 12.9. The van der Waals surface area contributed by atoms with Gasteiger partial charge in [0.1, 0.15) is 12.2 Å². The Hall–Kier alpha value is -2.97. The van der Waals surface area contributed by atoms with Crippen molar-refractivity contribution in [1.82, 2.24) is 5.06 Å². The average molecular weight is 500 g/mol. The SMILES string of the molecule is O=C(O)c1ccccc1[I+]/C=C\N(OCc1ccccc1)C(=O)c1ccccc1. The number of carboxylic acid groups (broad SMARTS) is 1. The molecule has 3 aromatic carbocycles. The smallest absolute Gasteiger partial charge is 0.352 e. The van der Waals surface area contributed by atoms with Gasteiger partial charge in [-0.1, -0.05) is 60.7 Å². The third-order valence-electron chi connectivity index (χ3n) is 3.91. The Balaban J connectivity index is 1.76. The number of carbonyl (C=O) groups excluding carboxylic acids is 1. The Morgan fingerprint density at radius 1 is 0.897 bits per heavy atom. The van der Waals surface area contributed by atoms with E-state index < -0.39 is 27.2 Å². The van der Waals surface area contributed by atoms with Gasteiger partial charge in [-0.3, -0.25) is 9.63 Å². The Morgan fingerprint density at radius 3 is 2.21 bits per heavy atom. The van der Waals surface area contributed by atoms with Gasteiger partial charge in [0.25, 0.3) is 5.91 Å². The number of halogens is 1. The van der Waals surface area contributed by atoms with E-state index >= 15 is 0 Å². The molecule has 0 aliphatic heterocycles. The van der Waals surface area contributed by atoms with E-state index in [4.69, 9.17) is 4.84 Å². The molecular weight excluding hydrogens is 481 g/mol. The van der Waals surface area contributed by atoms with Crippen LogP contribution in [0.3, 0.4) is 0 Å². The van der Waals surface area contributed by atoms with Crippen molar-refractivity contribution in [2.75, 3.05) is 0 Å². The molecule has 146 valence electrons. The van der Waals surface area contributed by atoms with Crippen LogP contribution in [0.1, 0.15) is 26.3 Å². The van der Waals surface area contributed by atoms with E-state index in [9.17, 15) is 14.7 Å². The van der Waals surface area contributed by atoms with Crippen LogP contribution in [-0.2, 0) is 11.4 Å². The standard InChI is InChI=1S/C23H18INO4/c26-22(19-11-5-2-6-12-19)25(29-17-18-9-3-1-4-10-18)16-15-24-21-14-8-7-13-20(21)23(27)28/h1-16H,17H2/p+1/b16-15-. The molecule has 0 radical (unpaired) electrons. The van der Waals surface area contributed by atoms with Crippen molar-refractivity contribution in [3.63, 3.8) is 0 Å². The Kier molecular flexibility index (Phi) is 7.54. The third-order valence-corrected chi connectivity index (χ3v) is 6.20. The van der Waals surface area contributed by atoms with Gasteiger partial charge in [-0.2, -0.15) is 5.06 Å². The second kappa shape index (κ2) is 10.5. The number of aromatic carboxylic acids is 1. The lowest BCUT2D eigenvalue weighted by Gasteiger charge is -2.17. The summed E-state index contributed by atoms with van der Waals surface area (Å²) in [6, 6.07) is 25.4. The molecule has 0 saturated carbocycles. The van der Waals surface area contributed by atoms with Crippen LogP contribution in [0, 0.1) is 3.57 Å². The molecular formula is C23H19INO4+. The van der Waals surface area contributed by atoms with Crippen molar-refractivity contribution in [3.8, 4) is 0 Å². The zero-order chi connectivity index (χ0) is 20.5. The van der Waals surface area contributed by atoms with Gasteiger partial charge < -0.3 is 5.11 Å². The van der Waals surface area contributed by atoms with Gasteiger partial charge in [0.15, 0.2) is 4.08 Å². The maximum Gasteiger partial charge on any atom is 0.352 e. The van der Waals surface area contributed by atoms with Crippen molar-refractivity contribution in [3.05, 3.63) is 115 Å². The number of benzene rings is 3. The maximum absolute atomic E-state index is 12.9. The van der Waals surface area contributed by atoms with Crippen LogP contribution in [-0.4, -0.2) is 22.0 Å². The molecule has 0 atom stereocenters. The Labute approximate surface area is 179 Å². The number of hydrogen-bond donors (Lipinski definition) is 1. The van der Waals surface area contributed by atoms with E-state index in [-0.39, 0.29) is 18.1 Å². The van der Waals surface area contributed by atoms with Crippen LogP contribution >= 0.6 is 0 Å². The number of hydroxylamine groups is 2. The normalized spacial score (nSPS) is 10.8. The highest BCUT2D eigenvalue weighted by Crippen LogP contribution is 2.09. The summed E-state index contributed by atoms with van der Waals surface area (Å²) in [7, 11) is 0. The molecule has 6 heteroatoms. The average Bonchev–Trinajstić information content (AvgIpc) is 2.77. The summed E-state index contributed by atoms with van der Waals surface area (Å²) in [5.41, 5.74) is 1.74. The molecule has 0 unspecified atom stereocenters. The largest absolute Gasteiger partial charge is 0.478 e. The molecule has 29 heavy (non-hydrogen) atoms. The van der Waals surface area contributed by atoms with E-state index in [2.05, 4.69) is 0 Å². The highest BCUT2D eigenvalue weighted by Gasteiger charge is 2.21. The summed E-state index contributed by atoms with van der Waals surface area (Å²) in [6.45, 7) is 0.244. The summed E-state index contributed by atoms with van der Waals surface area (Å²) >= 11 is -0.760. The molecule has 0 aliphatic rings. The lowest BCUT2D eigenvalue weighted by Crippen LogP contribution is -3.59. The van der Waals surface area contributed by atoms with Gasteiger partial charge in [-0.25, -0.2) is 4.79 Å². The summed E-state index contributed by atoms with van der Waals surface area (Å²) in [5, 5.41) is 10.5. The number of nitrogens with zero attached hydrogens (tertiary/aromatic N) is 1. The number of amides is 1. The van der Waals surface area contributed by atoms with Crippen molar-refractivity contribution in [2.24, 2.45) is 0 Å². The van der Waals surface area contributed by atoms with E-state index in [0.717, 1.165) is 9.13 Å². The molecule has 3 rings (SSSR count). The minimum absolute atomic E-state index is 0.244. The van der Waals surface area contributed by atoms with Crippen molar-refractivity contribution in [1.29, 1.82) is 0 Å². The predicted molar refractivity (Wildman–Crippen MR) is 105 cm³/mol. The first-order valence-corrected chi connectivity index (χ1v) is 11.2. The highest BCUT2D eigenvalue weighted by molar-refractivity contribution is 5.94. The van der Waals surface area contributed by atoms with Crippen LogP contribution in [0.25, 0.3) is 0 Å². The fourth-order valence-electron chi connectivity index (χ4n) is 2.47. The molecule has 0 saturated heterocycles. The zero-order valence-electron chi connectivity index (χ0n) is 15.4. The molecule has 0 spiro atoms. The molecule has 0 fully saturated rings. The molecule has 0 heterocycles. The van der Waals surface area contributed by atoms with Crippen LogP contribution < -0.4 is 21.2 Å². The monoisotopic (exact) mass is 500 g/mol. The number of carbonyl (C=O) groups is 2. The van der Waals surface area contributed by atoms with E-state index in [1.165, 1.54) is 5.06 Å². The first-order valence-electron chi connectivity index (χ1n) is 8.83. The van der Waals surface area contributed by atoms with E-state index in [1.54, 1.807) is 48.7 Å². The van der Waals surface area contributed by atoms with Crippen molar-refractivity contribution in [2.45, 2.75) is 6.61 Å². The van der Waals surface area contributed by atoms with E-state index in [1.807, 2.05) is 46.5 Å². The van der Waals surface area contributed by atoms with Gasteiger partial charge in [0.2, 0.25) is 3.57 Å². The summed E-state index contributed by atoms with van der Waals surface area (Å²) in [5.74, 6) is -1.24. The second-order valence-electron chi connectivity index (χ2n) is 5.93. The molecule has 0 aromatic heterocycles. The molecule has 0 bridgehead atoms. The molecule has 5 nitrogen and oxygen atoms in total. The fraction of sp³-hybridized carbons (Fsp3) is 0.0435. The topological polar surface area (TPSA) is 66.8 Å². The van der Waals surface area contributed by atoms with Crippen LogP contribution in [0.4, 0.5) is 0 Å². The van der Waals surface area contributed by atoms with Gasteiger partial charge in [-0.05, 0) is 29.8 Å². The minimum atomic E-state index is -0.953. The lowest BCUT2D eigenvalue weighted by molar-refractivity contribution is -0.558. The number of carboxylic acids is 1. The molecule has 0 aliphatic carbocycles. The van der Waals surface area contributed by atoms with Crippen LogP contribution in [0.5, 0.6) is 0 Å². The van der Waals surface area contributed by atoms with E-state index in [0.29, 0.717) is 5.56 Å².